The number of amides is 1. The Bertz CT molecular complexity index is 324. The standard InChI is InChI=1S/C9H14ClN3O/c1-7(4-10)13(3)9(14)8-5-12(2)6-11-8/h5-7H,4H2,1-3H3. The van der Waals surface area contributed by atoms with Crippen molar-refractivity contribution in [2.24, 2.45) is 7.05 Å². The molecule has 0 saturated carbocycles. The molecule has 0 fully saturated rings. The van der Waals surface area contributed by atoms with Crippen LogP contribution in [0.25, 0.3) is 0 Å². The Morgan fingerprint density at radius 2 is 2.43 bits per heavy atom. The normalized spacial score (nSPS) is 12.6. The Morgan fingerprint density at radius 1 is 1.79 bits per heavy atom. The second-order valence-electron chi connectivity index (χ2n) is 3.34. The van der Waals surface area contributed by atoms with Gasteiger partial charge in [0.2, 0.25) is 0 Å². The topological polar surface area (TPSA) is 38.1 Å². The van der Waals surface area contributed by atoms with E-state index < -0.39 is 0 Å². The molecule has 14 heavy (non-hydrogen) atoms. The first-order chi connectivity index (χ1) is 6.56. The van der Waals surface area contributed by atoms with Crippen LogP contribution in [0.3, 0.4) is 0 Å². The van der Waals surface area contributed by atoms with E-state index in [-0.39, 0.29) is 11.9 Å². The van der Waals surface area contributed by atoms with Crippen molar-refractivity contribution in [2.45, 2.75) is 13.0 Å². The van der Waals surface area contributed by atoms with Crippen LogP contribution in [0.4, 0.5) is 0 Å². The molecule has 0 saturated heterocycles. The zero-order valence-electron chi connectivity index (χ0n) is 8.57. The average Bonchev–Trinajstić information content (AvgIpc) is 2.61. The van der Waals surface area contributed by atoms with Gasteiger partial charge in [-0.1, -0.05) is 0 Å². The van der Waals surface area contributed by atoms with Crippen LogP contribution in [-0.2, 0) is 7.05 Å². The summed E-state index contributed by atoms with van der Waals surface area (Å²) in [6, 6.07) is 0.0196. The number of aryl methyl sites for hydroxylation is 1. The van der Waals surface area contributed by atoms with Gasteiger partial charge in [0.05, 0.1) is 6.33 Å². The van der Waals surface area contributed by atoms with Crippen LogP contribution in [-0.4, -0.2) is 39.3 Å². The van der Waals surface area contributed by atoms with Gasteiger partial charge in [0, 0.05) is 32.2 Å². The highest BCUT2D eigenvalue weighted by atomic mass is 35.5. The minimum atomic E-state index is -0.0984. The molecule has 0 N–H and O–H groups in total. The zero-order valence-corrected chi connectivity index (χ0v) is 9.32. The first-order valence-corrected chi connectivity index (χ1v) is 4.90. The molecule has 0 radical (unpaired) electrons. The summed E-state index contributed by atoms with van der Waals surface area (Å²) >= 11 is 5.66. The van der Waals surface area contributed by atoms with Crippen molar-refractivity contribution in [3.05, 3.63) is 18.2 Å². The molecule has 1 rings (SSSR count). The Morgan fingerprint density at radius 3 is 2.86 bits per heavy atom. The van der Waals surface area contributed by atoms with Gasteiger partial charge in [0.1, 0.15) is 5.69 Å². The highest BCUT2D eigenvalue weighted by Crippen LogP contribution is 2.05. The Hall–Kier alpha value is -1.03. The smallest absolute Gasteiger partial charge is 0.274 e. The lowest BCUT2D eigenvalue weighted by Gasteiger charge is -2.21. The molecule has 0 aliphatic rings. The predicted molar refractivity (Wildman–Crippen MR) is 55.5 cm³/mol. The fraction of sp³-hybridized carbons (Fsp3) is 0.556. The Kier molecular flexibility index (Phi) is 3.52. The summed E-state index contributed by atoms with van der Waals surface area (Å²) < 4.78 is 1.74. The summed E-state index contributed by atoms with van der Waals surface area (Å²) in [7, 11) is 3.55. The molecule has 1 atom stereocenters. The van der Waals surface area contributed by atoms with E-state index in [0.717, 1.165) is 0 Å². The fourth-order valence-corrected chi connectivity index (χ4v) is 1.21. The fourth-order valence-electron chi connectivity index (χ4n) is 1.01. The molecule has 78 valence electrons. The minimum Gasteiger partial charge on any atom is -0.340 e. The molecule has 4 nitrogen and oxygen atoms in total. The molecule has 1 unspecified atom stereocenters. The second kappa shape index (κ2) is 4.46. The number of hydrogen-bond donors (Lipinski definition) is 0. The SMILES string of the molecule is CC(CCl)N(C)C(=O)c1cn(C)cn1. The molecule has 0 aromatic carbocycles. The lowest BCUT2D eigenvalue weighted by atomic mass is 10.3. The van der Waals surface area contributed by atoms with Crippen molar-refractivity contribution in [2.75, 3.05) is 12.9 Å². The molecule has 0 aliphatic carbocycles. The molecule has 1 heterocycles. The summed E-state index contributed by atoms with van der Waals surface area (Å²) in [6.07, 6.45) is 3.30. The molecule has 1 aromatic heterocycles. The molecule has 0 bridgehead atoms. The van der Waals surface area contributed by atoms with Crippen molar-refractivity contribution in [3.8, 4) is 0 Å². The van der Waals surface area contributed by atoms with Gasteiger partial charge in [-0.15, -0.1) is 11.6 Å². The molecule has 0 aliphatic heterocycles. The van der Waals surface area contributed by atoms with E-state index in [1.54, 1.807) is 29.0 Å². The summed E-state index contributed by atoms with van der Waals surface area (Å²) in [5, 5.41) is 0. The average molecular weight is 216 g/mol. The summed E-state index contributed by atoms with van der Waals surface area (Å²) in [4.78, 5) is 17.3. The molecule has 1 aromatic rings. The monoisotopic (exact) mass is 215 g/mol. The largest absolute Gasteiger partial charge is 0.340 e. The number of alkyl halides is 1. The number of halogens is 1. The molecule has 1 amide bonds. The van der Waals surface area contributed by atoms with Gasteiger partial charge in [-0.25, -0.2) is 4.98 Å². The molecular formula is C9H14ClN3O. The van der Waals surface area contributed by atoms with Crippen LogP contribution in [0.5, 0.6) is 0 Å². The van der Waals surface area contributed by atoms with Crippen LogP contribution >= 0.6 is 11.6 Å². The highest BCUT2D eigenvalue weighted by molar-refractivity contribution is 6.18. The maximum absolute atomic E-state index is 11.7. The van der Waals surface area contributed by atoms with Gasteiger partial charge in [-0.3, -0.25) is 4.79 Å². The lowest BCUT2D eigenvalue weighted by molar-refractivity contribution is 0.0751. The number of imidazole rings is 1. The molecular weight excluding hydrogens is 202 g/mol. The van der Waals surface area contributed by atoms with Crippen molar-refractivity contribution in [1.29, 1.82) is 0 Å². The number of carbonyl (C=O) groups excluding carboxylic acids is 1. The Labute approximate surface area is 88.5 Å². The van der Waals surface area contributed by atoms with Gasteiger partial charge >= 0.3 is 0 Å². The van der Waals surface area contributed by atoms with Crippen LogP contribution in [0.2, 0.25) is 0 Å². The van der Waals surface area contributed by atoms with Crippen LogP contribution < -0.4 is 0 Å². The summed E-state index contributed by atoms with van der Waals surface area (Å²) in [6.45, 7) is 1.90. The Balaban J connectivity index is 2.75. The zero-order chi connectivity index (χ0) is 10.7. The number of rotatable bonds is 3. The van der Waals surface area contributed by atoms with E-state index in [2.05, 4.69) is 4.98 Å². The number of carbonyl (C=O) groups is 1. The first-order valence-electron chi connectivity index (χ1n) is 4.37. The molecule has 0 spiro atoms. The third kappa shape index (κ3) is 2.26. The van der Waals surface area contributed by atoms with Crippen LogP contribution in [0.15, 0.2) is 12.5 Å². The highest BCUT2D eigenvalue weighted by Gasteiger charge is 2.18. The molecule has 5 heteroatoms. The predicted octanol–water partition coefficient (Wildman–Crippen LogP) is 1.12. The lowest BCUT2D eigenvalue weighted by Crippen LogP contribution is -2.36. The number of hydrogen-bond acceptors (Lipinski definition) is 2. The second-order valence-corrected chi connectivity index (χ2v) is 3.65. The first kappa shape index (κ1) is 11.0. The van der Waals surface area contributed by atoms with Crippen molar-refractivity contribution in [3.63, 3.8) is 0 Å². The van der Waals surface area contributed by atoms with Gasteiger partial charge in [-0.2, -0.15) is 0 Å². The van der Waals surface area contributed by atoms with Crippen molar-refractivity contribution >= 4 is 17.5 Å². The van der Waals surface area contributed by atoms with Crippen molar-refractivity contribution < 1.29 is 4.79 Å². The van der Waals surface area contributed by atoms with E-state index in [9.17, 15) is 4.79 Å². The van der Waals surface area contributed by atoms with Gasteiger partial charge in [0.15, 0.2) is 0 Å². The summed E-state index contributed by atoms with van der Waals surface area (Å²) in [5.74, 6) is 0.327. The van der Waals surface area contributed by atoms with Crippen molar-refractivity contribution in [1.82, 2.24) is 14.5 Å². The van der Waals surface area contributed by atoms with E-state index in [1.807, 2.05) is 14.0 Å². The van der Waals surface area contributed by atoms with Gasteiger partial charge in [-0.05, 0) is 6.92 Å². The number of aromatic nitrogens is 2. The van der Waals surface area contributed by atoms with E-state index in [1.165, 1.54) is 0 Å². The van der Waals surface area contributed by atoms with Gasteiger partial charge in [0.25, 0.3) is 5.91 Å². The van der Waals surface area contributed by atoms with E-state index in [0.29, 0.717) is 11.6 Å². The maximum atomic E-state index is 11.7. The maximum Gasteiger partial charge on any atom is 0.274 e. The third-order valence-electron chi connectivity index (χ3n) is 2.13. The van der Waals surface area contributed by atoms with Gasteiger partial charge < -0.3 is 9.47 Å². The van der Waals surface area contributed by atoms with Crippen LogP contribution in [0, 0.1) is 0 Å². The third-order valence-corrected chi connectivity index (χ3v) is 2.58. The van der Waals surface area contributed by atoms with Crippen LogP contribution in [0.1, 0.15) is 17.4 Å². The minimum absolute atomic E-state index is 0.0196. The van der Waals surface area contributed by atoms with E-state index in [4.69, 9.17) is 11.6 Å². The quantitative estimate of drug-likeness (QED) is 0.709. The number of nitrogens with zero attached hydrogens (tertiary/aromatic N) is 3. The van der Waals surface area contributed by atoms with E-state index >= 15 is 0 Å². The summed E-state index contributed by atoms with van der Waals surface area (Å²) in [5.41, 5.74) is 0.451.